The van der Waals surface area contributed by atoms with E-state index in [4.69, 9.17) is 10.5 Å². The fourth-order valence-corrected chi connectivity index (χ4v) is 4.31. The Kier molecular flexibility index (Phi) is 4.52. The second-order valence-electron chi connectivity index (χ2n) is 7.69. The number of rotatable bonds is 3. The van der Waals surface area contributed by atoms with E-state index in [1.807, 2.05) is 48.2 Å². The molecule has 0 aromatic heterocycles. The third-order valence-corrected chi connectivity index (χ3v) is 6.09. The van der Waals surface area contributed by atoms with Crippen molar-refractivity contribution in [2.24, 2.45) is 5.73 Å². The molecule has 27 heavy (non-hydrogen) atoms. The molecule has 2 N–H and O–H groups in total. The highest BCUT2D eigenvalue weighted by Crippen LogP contribution is 2.46. The second-order valence-corrected chi connectivity index (χ2v) is 7.69. The number of hydrogen-bond donors (Lipinski definition) is 1. The summed E-state index contributed by atoms with van der Waals surface area (Å²) in [5.74, 6) is 1.00. The number of nitrogens with zero attached hydrogens (tertiary/aromatic N) is 1. The summed E-state index contributed by atoms with van der Waals surface area (Å²) in [6, 6.07) is 14.2. The summed E-state index contributed by atoms with van der Waals surface area (Å²) in [4.78, 5) is 14.9. The summed E-state index contributed by atoms with van der Waals surface area (Å²) in [6.07, 6.45) is 1.81. The van der Waals surface area contributed by atoms with E-state index in [2.05, 4.69) is 12.6 Å². The van der Waals surface area contributed by atoms with E-state index >= 15 is 0 Å². The van der Waals surface area contributed by atoms with Gasteiger partial charge in [0.15, 0.2) is 0 Å². The summed E-state index contributed by atoms with van der Waals surface area (Å²) in [6.45, 7) is 8.76. The van der Waals surface area contributed by atoms with Crippen molar-refractivity contribution in [1.82, 2.24) is 4.90 Å². The van der Waals surface area contributed by atoms with Crippen molar-refractivity contribution < 1.29 is 9.53 Å². The quantitative estimate of drug-likeness (QED) is 0.851. The zero-order valence-electron chi connectivity index (χ0n) is 15.8. The van der Waals surface area contributed by atoms with Gasteiger partial charge in [-0.1, -0.05) is 43.0 Å². The summed E-state index contributed by atoms with van der Waals surface area (Å²) in [5.41, 5.74) is 10.8. The Morgan fingerprint density at radius 3 is 2.67 bits per heavy atom. The minimum Gasteiger partial charge on any atom is -0.492 e. The molecule has 0 unspecified atom stereocenters. The Bertz CT molecular complexity index is 895. The summed E-state index contributed by atoms with van der Waals surface area (Å²) in [7, 11) is 0. The number of aryl methyl sites for hydroxylation is 1. The lowest BCUT2D eigenvalue weighted by Gasteiger charge is -2.39. The van der Waals surface area contributed by atoms with Gasteiger partial charge in [0, 0.05) is 36.2 Å². The van der Waals surface area contributed by atoms with Gasteiger partial charge in [-0.2, -0.15) is 0 Å². The van der Waals surface area contributed by atoms with E-state index < -0.39 is 0 Å². The molecule has 0 saturated carbocycles. The van der Waals surface area contributed by atoms with Gasteiger partial charge in [0.2, 0.25) is 0 Å². The third-order valence-electron chi connectivity index (χ3n) is 6.09. The van der Waals surface area contributed by atoms with Crippen LogP contribution in [0.1, 0.15) is 35.1 Å². The first-order valence-corrected chi connectivity index (χ1v) is 9.54. The lowest BCUT2D eigenvalue weighted by molar-refractivity contribution is -0.126. The van der Waals surface area contributed by atoms with Crippen molar-refractivity contribution in [3.8, 4) is 5.75 Å². The molecule has 2 aliphatic heterocycles. The standard InChI is InChI=1S/C23H26N2O2/c1-16-5-3-4-6-19(16)17(2)22(26)25-11-9-23(10-12-25)15-27-21-8-7-18(14-24)13-20(21)23/h3-8,13H,2,9-12,14-15,24H2,1H3. The SMILES string of the molecule is C=C(C(=O)N1CCC2(CC1)COc1ccc(CN)cc12)c1ccccc1C. The van der Waals surface area contributed by atoms with E-state index in [1.165, 1.54) is 5.56 Å². The fraction of sp³-hybridized carbons (Fsp3) is 0.348. The van der Waals surface area contributed by atoms with Gasteiger partial charge in [0.25, 0.3) is 5.91 Å². The monoisotopic (exact) mass is 362 g/mol. The topological polar surface area (TPSA) is 55.6 Å². The first-order valence-electron chi connectivity index (χ1n) is 9.54. The minimum atomic E-state index is 0.00128. The van der Waals surface area contributed by atoms with Gasteiger partial charge in [-0.15, -0.1) is 0 Å². The Morgan fingerprint density at radius 1 is 1.22 bits per heavy atom. The van der Waals surface area contributed by atoms with Crippen LogP contribution in [0.25, 0.3) is 5.57 Å². The smallest absolute Gasteiger partial charge is 0.253 e. The predicted octanol–water partition coefficient (Wildman–Crippen LogP) is 3.42. The van der Waals surface area contributed by atoms with Crippen molar-refractivity contribution in [1.29, 1.82) is 0 Å². The number of amides is 1. The molecule has 1 fully saturated rings. The van der Waals surface area contributed by atoms with E-state index in [9.17, 15) is 4.79 Å². The number of carbonyl (C=O) groups is 1. The molecule has 4 heteroatoms. The van der Waals surface area contributed by atoms with Gasteiger partial charge in [0.05, 0.1) is 6.61 Å². The van der Waals surface area contributed by atoms with Crippen LogP contribution in [0.5, 0.6) is 5.75 Å². The van der Waals surface area contributed by atoms with Crippen LogP contribution in [0, 0.1) is 6.92 Å². The summed E-state index contributed by atoms with van der Waals surface area (Å²) < 4.78 is 5.96. The molecule has 2 heterocycles. The molecule has 0 radical (unpaired) electrons. The first-order chi connectivity index (χ1) is 13.0. The van der Waals surface area contributed by atoms with Crippen molar-refractivity contribution >= 4 is 11.5 Å². The molecule has 0 atom stereocenters. The molecule has 2 aliphatic rings. The molecule has 2 aromatic carbocycles. The van der Waals surface area contributed by atoms with E-state index in [1.54, 1.807) is 0 Å². The Hall–Kier alpha value is -2.59. The Balaban J connectivity index is 1.50. The van der Waals surface area contributed by atoms with Crippen LogP contribution in [0.15, 0.2) is 49.0 Å². The lowest BCUT2D eigenvalue weighted by atomic mass is 9.74. The van der Waals surface area contributed by atoms with Gasteiger partial charge in [-0.05, 0) is 42.5 Å². The number of likely N-dealkylation sites (tertiary alicyclic amines) is 1. The average Bonchev–Trinajstić information content (AvgIpc) is 3.05. The Morgan fingerprint density at radius 2 is 1.96 bits per heavy atom. The maximum Gasteiger partial charge on any atom is 0.253 e. The molecule has 4 rings (SSSR count). The van der Waals surface area contributed by atoms with Gasteiger partial charge < -0.3 is 15.4 Å². The van der Waals surface area contributed by atoms with Gasteiger partial charge in [-0.3, -0.25) is 4.79 Å². The second kappa shape index (κ2) is 6.86. The molecule has 4 nitrogen and oxygen atoms in total. The molecule has 1 saturated heterocycles. The van der Waals surface area contributed by atoms with Crippen LogP contribution in [0.2, 0.25) is 0 Å². The minimum absolute atomic E-state index is 0.00128. The molecular weight excluding hydrogens is 336 g/mol. The highest BCUT2D eigenvalue weighted by atomic mass is 16.5. The largest absolute Gasteiger partial charge is 0.492 e. The zero-order valence-corrected chi connectivity index (χ0v) is 15.8. The number of nitrogens with two attached hydrogens (primary N) is 1. The van der Waals surface area contributed by atoms with Gasteiger partial charge in [-0.25, -0.2) is 0 Å². The molecule has 0 aliphatic carbocycles. The van der Waals surface area contributed by atoms with Gasteiger partial charge in [0.1, 0.15) is 5.75 Å². The van der Waals surface area contributed by atoms with Crippen molar-refractivity contribution in [2.45, 2.75) is 31.7 Å². The number of ether oxygens (including phenoxy) is 1. The van der Waals surface area contributed by atoms with Crippen LogP contribution in [-0.2, 0) is 16.8 Å². The van der Waals surface area contributed by atoms with Crippen molar-refractivity contribution in [3.63, 3.8) is 0 Å². The first kappa shape index (κ1) is 17.8. The van der Waals surface area contributed by atoms with Crippen LogP contribution >= 0.6 is 0 Å². The lowest BCUT2D eigenvalue weighted by Crippen LogP contribution is -2.46. The van der Waals surface area contributed by atoms with Crippen LogP contribution in [-0.4, -0.2) is 30.5 Å². The molecule has 1 amide bonds. The molecule has 0 bridgehead atoms. The third kappa shape index (κ3) is 3.04. The van der Waals surface area contributed by atoms with Crippen LogP contribution in [0.3, 0.4) is 0 Å². The molecule has 1 spiro atoms. The predicted molar refractivity (Wildman–Crippen MR) is 108 cm³/mol. The van der Waals surface area contributed by atoms with E-state index in [0.29, 0.717) is 18.7 Å². The molecule has 140 valence electrons. The Labute approximate surface area is 160 Å². The van der Waals surface area contributed by atoms with Crippen molar-refractivity contribution in [3.05, 3.63) is 71.3 Å². The average molecular weight is 362 g/mol. The summed E-state index contributed by atoms with van der Waals surface area (Å²) in [5, 5.41) is 0. The highest BCUT2D eigenvalue weighted by Gasteiger charge is 2.44. The number of piperidine rings is 1. The van der Waals surface area contributed by atoms with Gasteiger partial charge >= 0.3 is 0 Å². The zero-order chi connectivity index (χ0) is 19.0. The van der Waals surface area contributed by atoms with E-state index in [0.717, 1.165) is 48.4 Å². The molecule has 2 aromatic rings. The number of benzene rings is 2. The van der Waals surface area contributed by atoms with Crippen LogP contribution in [0.4, 0.5) is 0 Å². The fourth-order valence-electron chi connectivity index (χ4n) is 4.31. The number of fused-ring (bicyclic) bond motifs is 2. The maximum absolute atomic E-state index is 13.0. The number of hydrogen-bond acceptors (Lipinski definition) is 3. The summed E-state index contributed by atoms with van der Waals surface area (Å²) >= 11 is 0. The maximum atomic E-state index is 13.0. The molecular formula is C23H26N2O2. The van der Waals surface area contributed by atoms with E-state index in [-0.39, 0.29) is 11.3 Å². The highest BCUT2D eigenvalue weighted by molar-refractivity contribution is 6.19. The van der Waals surface area contributed by atoms with Crippen LogP contribution < -0.4 is 10.5 Å². The number of carbonyl (C=O) groups excluding carboxylic acids is 1. The van der Waals surface area contributed by atoms with Crippen molar-refractivity contribution in [2.75, 3.05) is 19.7 Å². The normalized spacial score (nSPS) is 17.5.